The van der Waals surface area contributed by atoms with Crippen molar-refractivity contribution in [2.45, 2.75) is 0 Å². The predicted molar refractivity (Wildman–Crippen MR) is 32.5 cm³/mol. The molecule has 8 nitrogen and oxygen atoms in total. The van der Waals surface area contributed by atoms with Gasteiger partial charge in [-0.15, -0.1) is 0 Å². The Labute approximate surface area is 164 Å². The van der Waals surface area contributed by atoms with Crippen molar-refractivity contribution in [1.29, 1.82) is 0 Å². The Morgan fingerprint density at radius 2 is 0.692 bits per heavy atom. The quantitative estimate of drug-likeness (QED) is 0.242. The van der Waals surface area contributed by atoms with Gasteiger partial charge in [0.15, 0.2) is 0 Å². The second-order valence-electron chi connectivity index (χ2n) is 0.816. The molecule has 0 bridgehead atoms. The van der Waals surface area contributed by atoms with Crippen molar-refractivity contribution in [3.63, 3.8) is 0 Å². The van der Waals surface area contributed by atoms with Gasteiger partial charge in [0.2, 0.25) is 0 Å². The molecule has 13 heavy (non-hydrogen) atoms. The normalized spacial score (nSPS) is 8.92. The summed E-state index contributed by atoms with van der Waals surface area (Å²) in [5, 5.41) is 0. The van der Waals surface area contributed by atoms with Crippen molar-refractivity contribution in [2.75, 3.05) is 0 Å². The van der Waals surface area contributed by atoms with Crippen LogP contribution in [0.4, 0.5) is 0 Å². The standard InChI is InChI=1S/Ca.K.Mg.2H2O4S/c;;;2*1-5(2,3)4/h;;;2*(H2,1,2,3,4)/q+2;+1;+2;;/p-4. The maximum absolute atomic E-state index is 8.52. The number of rotatable bonds is 0. The fraction of sp³-hybridized carbons (Fsp3) is 0. The van der Waals surface area contributed by atoms with Crippen molar-refractivity contribution in [3.8, 4) is 0 Å². The zero-order valence-electron chi connectivity index (χ0n) is 6.50. The van der Waals surface area contributed by atoms with Gasteiger partial charge in [-0.25, -0.2) is 0 Å². The van der Waals surface area contributed by atoms with Crippen molar-refractivity contribution < 1.29 is 86.4 Å². The van der Waals surface area contributed by atoms with Crippen LogP contribution in [-0.2, 0) is 20.8 Å². The Kier molecular flexibility index (Phi) is 31.0. The van der Waals surface area contributed by atoms with Gasteiger partial charge >= 0.3 is 112 Å². The molecule has 0 aliphatic heterocycles. The molecular weight excluding hydrogens is 296 g/mol. The summed E-state index contributed by atoms with van der Waals surface area (Å²) in [5.74, 6) is 0. The number of hydrogen-bond acceptors (Lipinski definition) is 8. The van der Waals surface area contributed by atoms with Crippen LogP contribution < -0.4 is 51.4 Å². The molecule has 0 heterocycles. The molecule has 0 saturated heterocycles. The molecule has 64 valence electrons. The van der Waals surface area contributed by atoms with E-state index < -0.39 is 20.8 Å². The van der Waals surface area contributed by atoms with E-state index in [9.17, 15) is 0 Å². The minimum absolute atomic E-state index is 0. The summed E-state index contributed by atoms with van der Waals surface area (Å²) in [6.45, 7) is 0. The molecular formula is CaKMgO8S2+. The van der Waals surface area contributed by atoms with E-state index in [2.05, 4.69) is 0 Å². The van der Waals surface area contributed by atoms with E-state index >= 15 is 0 Å². The van der Waals surface area contributed by atoms with Crippen molar-refractivity contribution in [3.05, 3.63) is 0 Å². The molecule has 0 rings (SSSR count). The van der Waals surface area contributed by atoms with Crippen LogP contribution in [-0.4, -0.2) is 95.8 Å². The van der Waals surface area contributed by atoms with E-state index in [-0.39, 0.29) is 112 Å². The first-order valence-electron chi connectivity index (χ1n) is 1.33. The molecule has 0 saturated carbocycles. The van der Waals surface area contributed by atoms with Gasteiger partial charge in [0.05, 0.1) is 0 Å². The molecule has 13 heteroatoms. The van der Waals surface area contributed by atoms with Crippen LogP contribution in [0.15, 0.2) is 0 Å². The van der Waals surface area contributed by atoms with Crippen LogP contribution in [0.5, 0.6) is 0 Å². The maximum atomic E-state index is 8.52. The third kappa shape index (κ3) is 239. The first-order chi connectivity index (χ1) is 4.00. The molecule has 0 spiro atoms. The molecule has 0 unspecified atom stereocenters. The third-order valence-electron chi connectivity index (χ3n) is 0. The second-order valence-corrected chi connectivity index (χ2v) is 2.45. The van der Waals surface area contributed by atoms with Gasteiger partial charge in [-0.2, -0.15) is 0 Å². The van der Waals surface area contributed by atoms with Gasteiger partial charge in [0.1, 0.15) is 0 Å². The molecule has 0 fully saturated rings. The first kappa shape index (κ1) is 29.9. The van der Waals surface area contributed by atoms with E-state index in [0.717, 1.165) is 0 Å². The fourth-order valence-corrected chi connectivity index (χ4v) is 0. The van der Waals surface area contributed by atoms with E-state index in [4.69, 9.17) is 35.0 Å². The van der Waals surface area contributed by atoms with Crippen LogP contribution in [0.2, 0.25) is 0 Å². The van der Waals surface area contributed by atoms with Crippen molar-refractivity contribution in [2.24, 2.45) is 0 Å². The minimum Gasteiger partial charge on any atom is -0.759 e. The van der Waals surface area contributed by atoms with Gasteiger partial charge in [0.25, 0.3) is 0 Å². The molecule has 0 aromatic heterocycles. The molecule has 0 aliphatic rings. The van der Waals surface area contributed by atoms with Gasteiger partial charge in [-0.1, -0.05) is 0 Å². The average Bonchev–Trinajstić information content (AvgIpc) is 1.12. The molecule has 0 atom stereocenters. The Bertz CT molecular complexity index is 219. The van der Waals surface area contributed by atoms with E-state index in [1.807, 2.05) is 0 Å². The van der Waals surface area contributed by atoms with Crippen LogP contribution in [0.1, 0.15) is 0 Å². The number of hydrogen-bond donors (Lipinski definition) is 0. The topological polar surface area (TPSA) is 161 Å². The smallest absolute Gasteiger partial charge is 0.759 e. The Balaban J connectivity index is -0.0000000267. The van der Waals surface area contributed by atoms with Crippen LogP contribution in [0, 0.1) is 0 Å². The monoisotopic (exact) mass is 295 g/mol. The van der Waals surface area contributed by atoms with Gasteiger partial charge < -0.3 is 18.2 Å². The Hall–Kier alpha value is 3.40. The fourth-order valence-electron chi connectivity index (χ4n) is 0. The van der Waals surface area contributed by atoms with Gasteiger partial charge in [-0.3, -0.25) is 16.8 Å². The molecule has 0 N–H and O–H groups in total. The van der Waals surface area contributed by atoms with Crippen LogP contribution in [0.3, 0.4) is 0 Å². The van der Waals surface area contributed by atoms with E-state index in [0.29, 0.717) is 0 Å². The summed E-state index contributed by atoms with van der Waals surface area (Å²) >= 11 is 0. The Morgan fingerprint density at radius 3 is 0.692 bits per heavy atom. The largest absolute Gasteiger partial charge is 2.00 e. The van der Waals surface area contributed by atoms with Crippen LogP contribution >= 0.6 is 0 Å². The summed E-state index contributed by atoms with van der Waals surface area (Å²) in [6.07, 6.45) is 0. The summed E-state index contributed by atoms with van der Waals surface area (Å²) < 4.78 is 68.2. The molecule has 0 amide bonds. The zero-order chi connectivity index (χ0) is 9.00. The Morgan fingerprint density at radius 1 is 0.692 bits per heavy atom. The molecule has 0 aromatic rings. The molecule has 0 radical (unpaired) electrons. The van der Waals surface area contributed by atoms with Gasteiger partial charge in [-0.05, 0) is 0 Å². The van der Waals surface area contributed by atoms with Crippen molar-refractivity contribution in [1.82, 2.24) is 0 Å². The van der Waals surface area contributed by atoms with Crippen molar-refractivity contribution >= 4 is 81.6 Å². The summed E-state index contributed by atoms with van der Waals surface area (Å²) in [4.78, 5) is 0. The minimum atomic E-state index is -5.17. The maximum Gasteiger partial charge on any atom is 2.00 e. The zero-order valence-corrected chi connectivity index (χ0v) is 14.9. The van der Waals surface area contributed by atoms with E-state index in [1.165, 1.54) is 0 Å². The molecule has 0 aromatic carbocycles. The van der Waals surface area contributed by atoms with E-state index in [1.54, 1.807) is 0 Å². The third-order valence-corrected chi connectivity index (χ3v) is 0. The predicted octanol–water partition coefficient (Wildman–Crippen LogP) is -6.43. The summed E-state index contributed by atoms with van der Waals surface area (Å²) in [6, 6.07) is 0. The summed E-state index contributed by atoms with van der Waals surface area (Å²) in [7, 11) is -10.3. The van der Waals surface area contributed by atoms with Crippen LogP contribution in [0.25, 0.3) is 0 Å². The van der Waals surface area contributed by atoms with Gasteiger partial charge in [0, 0.05) is 20.8 Å². The summed E-state index contributed by atoms with van der Waals surface area (Å²) in [5.41, 5.74) is 0. The second kappa shape index (κ2) is 13.5. The SMILES string of the molecule is O=S(=O)([O-])[O-].O=S(=O)([O-])[O-].[Ca+2].[K+].[Mg+2]. The average molecular weight is 296 g/mol. The molecule has 0 aliphatic carbocycles. The first-order valence-corrected chi connectivity index (χ1v) is 4.00.